The van der Waals surface area contributed by atoms with Gasteiger partial charge in [-0.3, -0.25) is 10.1 Å². The highest BCUT2D eigenvalue weighted by atomic mass is 16.7. The number of methoxy groups -OCH3 is 1. The van der Waals surface area contributed by atoms with Crippen molar-refractivity contribution in [3.8, 4) is 5.75 Å². The number of nitrogens with zero attached hydrogens (tertiary/aromatic N) is 1. The molecule has 1 saturated carbocycles. The Kier molecular flexibility index (Phi) is 9.32. The molecule has 220 valence electrons. The van der Waals surface area contributed by atoms with Crippen molar-refractivity contribution >= 4 is 17.9 Å². The maximum Gasteiger partial charge on any atom is 0.513 e. The molecule has 12 heteroatoms. The van der Waals surface area contributed by atoms with Crippen molar-refractivity contribution in [2.24, 2.45) is 11.8 Å². The molecule has 5 unspecified atom stereocenters. The zero-order chi connectivity index (χ0) is 29.0. The molecule has 2 heterocycles. The molecule has 0 aromatic heterocycles. The third kappa shape index (κ3) is 7.29. The first-order chi connectivity index (χ1) is 19.0. The van der Waals surface area contributed by atoms with Gasteiger partial charge in [0.1, 0.15) is 24.6 Å². The number of benzene rings is 1. The third-order valence-corrected chi connectivity index (χ3v) is 7.70. The molecule has 0 radical (unpaired) electrons. The van der Waals surface area contributed by atoms with Crippen molar-refractivity contribution in [2.45, 2.75) is 83.0 Å². The summed E-state index contributed by atoms with van der Waals surface area (Å²) in [6, 6.07) is 4.49. The largest absolute Gasteiger partial charge is 0.513 e. The van der Waals surface area contributed by atoms with Crippen LogP contribution in [0.3, 0.4) is 0 Å². The maximum absolute atomic E-state index is 12.9. The van der Waals surface area contributed by atoms with Crippen LogP contribution < -0.4 is 10.1 Å². The zero-order valence-corrected chi connectivity index (χ0v) is 23.5. The smallest absolute Gasteiger partial charge is 0.443 e. The van der Waals surface area contributed by atoms with Gasteiger partial charge < -0.3 is 33.7 Å². The van der Waals surface area contributed by atoms with Crippen LogP contribution in [-0.2, 0) is 23.7 Å². The molecule has 40 heavy (non-hydrogen) atoms. The number of nitrogens with one attached hydrogen (secondary N) is 1. The summed E-state index contributed by atoms with van der Waals surface area (Å²) in [5.41, 5.74) is 0.816. The van der Waals surface area contributed by atoms with Crippen molar-refractivity contribution in [1.29, 1.82) is 0 Å². The Morgan fingerprint density at radius 3 is 2.52 bits per heavy atom. The molecule has 12 nitrogen and oxygen atoms in total. The van der Waals surface area contributed by atoms with Crippen LogP contribution in [0.5, 0.6) is 5.75 Å². The van der Waals surface area contributed by atoms with E-state index >= 15 is 0 Å². The van der Waals surface area contributed by atoms with Crippen LogP contribution in [0.25, 0.3) is 0 Å². The topological polar surface area (TPSA) is 151 Å². The number of hydrogen-bond donors (Lipinski definition) is 1. The van der Waals surface area contributed by atoms with Gasteiger partial charge in [0.15, 0.2) is 0 Å². The summed E-state index contributed by atoms with van der Waals surface area (Å²) in [6.07, 6.45) is 1.91. The lowest BCUT2D eigenvalue weighted by atomic mass is 9.73. The summed E-state index contributed by atoms with van der Waals surface area (Å²) >= 11 is 0. The quantitative estimate of drug-likeness (QED) is 0.102. The lowest BCUT2D eigenvalue weighted by Gasteiger charge is -2.40. The summed E-state index contributed by atoms with van der Waals surface area (Å²) in [5, 5.41) is 13.6. The van der Waals surface area contributed by atoms with Crippen molar-refractivity contribution in [1.82, 2.24) is 5.32 Å². The number of amides is 1. The monoisotopic (exact) mass is 562 g/mol. The second kappa shape index (κ2) is 12.5. The number of carbonyl (C=O) groups is 2. The first-order valence-electron chi connectivity index (χ1n) is 13.5. The van der Waals surface area contributed by atoms with Gasteiger partial charge in [0.25, 0.3) is 5.69 Å². The summed E-state index contributed by atoms with van der Waals surface area (Å²) in [4.78, 5) is 35.3. The first kappa shape index (κ1) is 29.8. The zero-order valence-electron chi connectivity index (χ0n) is 23.5. The second-order valence-corrected chi connectivity index (χ2v) is 11.1. The van der Waals surface area contributed by atoms with Crippen LogP contribution in [0.1, 0.15) is 47.0 Å². The van der Waals surface area contributed by atoms with E-state index in [2.05, 4.69) is 25.2 Å². The van der Waals surface area contributed by atoms with Gasteiger partial charge in [0.05, 0.1) is 35.4 Å². The maximum atomic E-state index is 12.9. The minimum atomic E-state index is -0.994. The van der Waals surface area contributed by atoms with E-state index in [1.807, 2.05) is 13.8 Å². The molecule has 1 amide bonds. The Balaban J connectivity index is 1.30. The highest BCUT2D eigenvalue weighted by molar-refractivity contribution is 5.68. The lowest BCUT2D eigenvalue weighted by molar-refractivity contribution is -0.384. The predicted molar refractivity (Wildman–Crippen MR) is 142 cm³/mol. The number of alkyl carbamates (subject to hydrolysis) is 1. The van der Waals surface area contributed by atoms with Gasteiger partial charge in [-0.25, -0.2) is 9.59 Å². The molecule has 7 atom stereocenters. The number of carbonyl (C=O) groups excluding carboxylic acids is 2. The van der Waals surface area contributed by atoms with Crippen LogP contribution >= 0.6 is 0 Å². The molecule has 3 fully saturated rings. The van der Waals surface area contributed by atoms with Gasteiger partial charge in [-0.05, 0) is 51.2 Å². The Hall–Kier alpha value is -3.22. The van der Waals surface area contributed by atoms with Crippen LogP contribution in [0.4, 0.5) is 15.3 Å². The molecule has 2 saturated heterocycles. The number of ether oxygens (including phenoxy) is 6. The van der Waals surface area contributed by atoms with Gasteiger partial charge in [0.2, 0.25) is 0 Å². The van der Waals surface area contributed by atoms with Crippen LogP contribution in [0.15, 0.2) is 35.9 Å². The Labute approximate surface area is 233 Å². The number of non-ortho nitro benzene ring substituents is 1. The van der Waals surface area contributed by atoms with Gasteiger partial charge in [0, 0.05) is 25.2 Å². The highest BCUT2D eigenvalue weighted by Crippen LogP contribution is 2.54. The average Bonchev–Trinajstić information content (AvgIpc) is 3.83. The van der Waals surface area contributed by atoms with Crippen molar-refractivity contribution in [3.05, 3.63) is 46.0 Å². The van der Waals surface area contributed by atoms with E-state index in [1.54, 1.807) is 7.11 Å². The molecule has 1 spiro atoms. The van der Waals surface area contributed by atoms with Gasteiger partial charge in [-0.1, -0.05) is 25.5 Å². The van der Waals surface area contributed by atoms with E-state index in [9.17, 15) is 19.7 Å². The molecule has 3 aliphatic rings. The number of epoxide rings is 2. The summed E-state index contributed by atoms with van der Waals surface area (Å²) in [6.45, 7) is 8.35. The Morgan fingerprint density at radius 1 is 1.25 bits per heavy atom. The van der Waals surface area contributed by atoms with Crippen molar-refractivity contribution < 1.29 is 42.9 Å². The third-order valence-electron chi connectivity index (χ3n) is 7.70. The van der Waals surface area contributed by atoms with E-state index in [4.69, 9.17) is 28.4 Å². The number of nitro groups is 1. The fourth-order valence-corrected chi connectivity index (χ4v) is 5.25. The van der Waals surface area contributed by atoms with E-state index in [1.165, 1.54) is 29.8 Å². The average molecular weight is 563 g/mol. The minimum absolute atomic E-state index is 0.0175. The lowest BCUT2D eigenvalue weighted by Crippen LogP contribution is -2.54. The van der Waals surface area contributed by atoms with E-state index in [0.717, 1.165) is 12.8 Å². The van der Waals surface area contributed by atoms with Gasteiger partial charge in [-0.15, -0.1) is 0 Å². The molecular weight excluding hydrogens is 524 g/mol. The molecular formula is C28H38N2O10. The fourth-order valence-electron chi connectivity index (χ4n) is 5.25. The summed E-state index contributed by atoms with van der Waals surface area (Å²) in [7, 11) is 1.61. The molecule has 0 bridgehead atoms. The SMILES string of the molecule is COC1C(OC(=O)N[C@@H](COC(=O)Oc2ccc([N+](=O)[O-])cc2)C(C)C)CCC2(CO2)C1C1O[C@@H]1CC=C(C)C. The van der Waals surface area contributed by atoms with E-state index in [-0.39, 0.29) is 53.8 Å². The van der Waals surface area contributed by atoms with E-state index in [0.29, 0.717) is 13.0 Å². The Morgan fingerprint density at radius 2 is 1.95 bits per heavy atom. The minimum Gasteiger partial charge on any atom is -0.443 e. The van der Waals surface area contributed by atoms with Crippen molar-refractivity contribution in [3.63, 3.8) is 0 Å². The molecule has 2 aliphatic heterocycles. The van der Waals surface area contributed by atoms with Crippen LogP contribution in [0, 0.1) is 22.0 Å². The van der Waals surface area contributed by atoms with Crippen molar-refractivity contribution in [2.75, 3.05) is 20.3 Å². The second-order valence-electron chi connectivity index (χ2n) is 11.1. The number of allylic oxidation sites excluding steroid dienone is 1. The number of hydrogen-bond acceptors (Lipinski definition) is 10. The van der Waals surface area contributed by atoms with Gasteiger partial charge in [-0.2, -0.15) is 0 Å². The summed E-state index contributed by atoms with van der Waals surface area (Å²) in [5.74, 6) is -0.0319. The number of rotatable bonds is 11. The fraction of sp³-hybridized carbons (Fsp3) is 0.643. The predicted octanol–water partition coefficient (Wildman–Crippen LogP) is 4.55. The Bertz CT molecular complexity index is 1100. The van der Waals surface area contributed by atoms with Gasteiger partial charge >= 0.3 is 12.2 Å². The number of nitro benzene ring substituents is 1. The molecule has 1 aliphatic carbocycles. The molecule has 1 aromatic carbocycles. The first-order valence-corrected chi connectivity index (χ1v) is 13.5. The van der Waals surface area contributed by atoms with E-state index < -0.39 is 29.3 Å². The molecule has 1 aromatic rings. The summed E-state index contributed by atoms with van der Waals surface area (Å²) < 4.78 is 33.9. The van der Waals surface area contributed by atoms with Crippen LogP contribution in [0.2, 0.25) is 0 Å². The molecule has 4 rings (SSSR count). The molecule has 1 N–H and O–H groups in total. The standard InChI is InChI=1S/C28H38N2O10/c1-16(2)6-11-21-25(39-21)23-24(35-5)22(12-13-28(23)15-37-28)40-26(31)29-20(17(3)4)14-36-27(32)38-19-9-7-18(8-10-19)30(33)34/h6-10,17,20-25H,11-15H2,1-5H3,(H,29,31)/t20-,21+,22?,23?,24?,25?,28?/m0/s1. The normalized spacial score (nSPS) is 29.3. The van der Waals surface area contributed by atoms with Crippen LogP contribution in [-0.4, -0.2) is 73.6 Å². The highest BCUT2D eigenvalue weighted by Gasteiger charge is 2.66.